The Morgan fingerprint density at radius 3 is 0.391 bits per heavy atom. The van der Waals surface area contributed by atoms with Crippen LogP contribution in [0.15, 0.2) is 0 Å². The van der Waals surface area contributed by atoms with Gasteiger partial charge < -0.3 is 78.4 Å². The molecule has 0 aromatic heterocycles. The van der Waals surface area contributed by atoms with Gasteiger partial charge >= 0.3 is 33.6 Å². The normalized spacial score (nSPS) is 5.04. The second-order valence-corrected chi connectivity index (χ2v) is 2.45. The zero-order valence-electron chi connectivity index (χ0n) is 10.3. The number of rotatable bonds is 0. The molecule has 0 bridgehead atoms. The number of hydrogen-bond donors (Lipinski definition) is 0. The Morgan fingerprint density at radius 1 is 0.391 bits per heavy atom. The van der Waals surface area contributed by atoms with E-state index in [9.17, 15) is 0 Å². The van der Waals surface area contributed by atoms with Crippen molar-refractivity contribution >= 4 is 20.8 Å². The third kappa shape index (κ3) is 94000. The first-order valence-corrected chi connectivity index (χ1v) is 4.00. The van der Waals surface area contributed by atoms with Crippen LogP contribution in [0.3, 0.4) is 0 Å². The maximum absolute atomic E-state index is 8.52. The van der Waals surface area contributed by atoms with Gasteiger partial charge in [-0.05, 0) is 0 Å². The van der Waals surface area contributed by atoms with Crippen molar-refractivity contribution in [3.63, 3.8) is 0 Å². The van der Waals surface area contributed by atoms with Gasteiger partial charge in [-0.1, -0.05) is 0 Å². The smallest absolute Gasteiger partial charge is 0.759 e. The summed E-state index contributed by atoms with van der Waals surface area (Å²) in [7, 11) is -10.3. The first-order valence-electron chi connectivity index (χ1n) is 1.33. The van der Waals surface area contributed by atoms with Crippen molar-refractivity contribution in [1.29, 1.82) is 0 Å². The van der Waals surface area contributed by atoms with Crippen LogP contribution in [-0.4, -0.2) is 95.3 Å². The molecule has 0 spiro atoms. The Labute approximate surface area is 150 Å². The molecule has 0 heterocycles. The van der Waals surface area contributed by atoms with Crippen LogP contribution in [0.25, 0.3) is 0 Å². The first-order chi connectivity index (χ1) is 4.00. The average molecular weight is 504 g/mol. The van der Waals surface area contributed by atoms with Crippen molar-refractivity contribution in [2.75, 3.05) is 0 Å². The maximum Gasteiger partial charge on any atom is 2.00 e. The van der Waals surface area contributed by atoms with Crippen LogP contribution in [-0.2, 0) is 54.4 Å². The monoisotopic (exact) mass is 503 g/mol. The molecule has 23 heavy (non-hydrogen) atoms. The molecule has 0 amide bonds. The molecule has 1 radical (unpaired) electrons. The second-order valence-electron chi connectivity index (χ2n) is 0.816. The molecular weight excluding hydrogens is 482 g/mol. The molecule has 0 rings (SSSR count). The van der Waals surface area contributed by atoms with Gasteiger partial charge in [-0.2, -0.15) is 0 Å². The fourth-order valence-corrected chi connectivity index (χ4v) is 0. The van der Waals surface area contributed by atoms with Crippen LogP contribution in [0.1, 0.15) is 0 Å². The number of hydrogen-bond acceptors (Lipinski definition) is 8. The molecule has 0 aliphatic rings. The van der Waals surface area contributed by atoms with Crippen molar-refractivity contribution in [1.82, 2.24) is 0 Å². The molecule has 23 heteroatoms. The van der Waals surface area contributed by atoms with Crippen LogP contribution < -0.4 is 0 Å². The van der Waals surface area contributed by atoms with Crippen LogP contribution in [0, 0.1) is 0 Å². The van der Waals surface area contributed by atoms with E-state index in [4.69, 9.17) is 35.0 Å². The second kappa shape index (κ2) is 66.9. The summed E-state index contributed by atoms with van der Waals surface area (Å²) in [5.41, 5.74) is 0. The van der Waals surface area contributed by atoms with Gasteiger partial charge in [0.2, 0.25) is 0 Å². The van der Waals surface area contributed by atoms with Gasteiger partial charge in [0.25, 0.3) is 0 Å². The van der Waals surface area contributed by atoms with E-state index in [1.807, 2.05) is 0 Å². The minimum Gasteiger partial charge on any atom is -0.759 e. The minimum atomic E-state index is -5.17. The van der Waals surface area contributed by atoms with E-state index in [2.05, 4.69) is 0 Å². The van der Waals surface area contributed by atoms with Crippen LogP contribution in [0.2, 0.25) is 0 Å². The van der Waals surface area contributed by atoms with E-state index in [-0.39, 0.29) is 93.8 Å². The topological polar surface area (TPSA) is 507 Å². The largest absolute Gasteiger partial charge is 2.00 e. The van der Waals surface area contributed by atoms with E-state index in [1.54, 1.807) is 0 Å². The summed E-state index contributed by atoms with van der Waals surface area (Å²) in [5.74, 6) is 0. The maximum atomic E-state index is 8.52. The van der Waals surface area contributed by atoms with Crippen LogP contribution in [0.5, 0.6) is 0 Å². The van der Waals surface area contributed by atoms with E-state index < -0.39 is 20.8 Å². The van der Waals surface area contributed by atoms with E-state index in [1.165, 1.54) is 0 Å². The Kier molecular flexibility index (Phi) is 488. The molecule has 0 aliphatic heterocycles. The zero-order chi connectivity index (χ0) is 9.00. The molecule has 0 fully saturated rings. The summed E-state index contributed by atoms with van der Waals surface area (Å²) < 4.78 is 68.2. The van der Waals surface area contributed by atoms with Gasteiger partial charge in [0.05, 0.1) is 0 Å². The Balaban J connectivity index is -0.00000000274. The molecule has 22 N–H and O–H groups in total. The quantitative estimate of drug-likeness (QED) is 0.173. The third-order valence-electron chi connectivity index (χ3n) is 0. The summed E-state index contributed by atoms with van der Waals surface area (Å²) in [4.78, 5) is 0. The van der Waals surface area contributed by atoms with Gasteiger partial charge in [-0.15, -0.1) is 0 Å². The SMILES string of the molecule is O.O.O.O.O.O.O.O.O.O.O.O=S(=O)([O-])[O-].O=S(=O)([O-])[O-].[Mn+2].[Ni+2]. The summed E-state index contributed by atoms with van der Waals surface area (Å²) >= 11 is 0. The van der Waals surface area contributed by atoms with E-state index >= 15 is 0 Å². The zero-order valence-corrected chi connectivity index (χ0v) is 14.1. The summed E-state index contributed by atoms with van der Waals surface area (Å²) in [6.45, 7) is 0. The Bertz CT molecular complexity index is 218. The van der Waals surface area contributed by atoms with Crippen molar-refractivity contribution in [2.45, 2.75) is 0 Å². The standard InChI is InChI=1S/Mn.Ni.2H2O4S.11H2O/c;;2*1-5(2,3)4;;;;;;;;;;;/h;;2*(H2,1,2,3,4);11*1H2/q2*+2;;;;;;;;;;;;;/p-4. The van der Waals surface area contributed by atoms with Gasteiger partial charge in [0.1, 0.15) is 0 Å². The molecule has 0 aromatic rings. The first kappa shape index (κ1) is 168. The molecular formula is H22MnNiO19S2. The average Bonchev–Trinajstić information content (AvgIpc) is 1.12. The van der Waals surface area contributed by atoms with Gasteiger partial charge in [-0.25, -0.2) is 0 Å². The van der Waals surface area contributed by atoms with Crippen molar-refractivity contribution in [2.24, 2.45) is 0 Å². The molecule has 0 atom stereocenters. The summed E-state index contributed by atoms with van der Waals surface area (Å²) in [6, 6.07) is 0. The molecule has 165 valence electrons. The third-order valence-corrected chi connectivity index (χ3v) is 0. The van der Waals surface area contributed by atoms with Crippen LogP contribution >= 0.6 is 0 Å². The van der Waals surface area contributed by atoms with Gasteiger partial charge in [0, 0.05) is 20.8 Å². The fourth-order valence-electron chi connectivity index (χ4n) is 0. The van der Waals surface area contributed by atoms with E-state index in [0.29, 0.717) is 0 Å². The molecule has 0 saturated carbocycles. The molecule has 0 unspecified atom stereocenters. The van der Waals surface area contributed by atoms with Gasteiger partial charge in [-0.3, -0.25) is 16.8 Å². The van der Waals surface area contributed by atoms with Gasteiger partial charge in [0.15, 0.2) is 0 Å². The Morgan fingerprint density at radius 2 is 0.391 bits per heavy atom. The molecule has 0 aliphatic carbocycles. The molecule has 19 nitrogen and oxygen atoms in total. The molecule has 0 saturated heterocycles. The summed E-state index contributed by atoms with van der Waals surface area (Å²) in [6.07, 6.45) is 0. The minimum absolute atomic E-state index is 0. The van der Waals surface area contributed by atoms with E-state index in [0.717, 1.165) is 0 Å². The van der Waals surface area contributed by atoms with Crippen molar-refractivity contribution < 1.29 is 129 Å². The summed E-state index contributed by atoms with van der Waals surface area (Å²) in [5, 5.41) is 0. The predicted molar refractivity (Wildman–Crippen MR) is 60.7 cm³/mol. The fraction of sp³-hybridized carbons (Fsp3) is 0. The van der Waals surface area contributed by atoms with Crippen molar-refractivity contribution in [3.8, 4) is 0 Å². The Hall–Kier alpha value is 0.313. The predicted octanol–water partition coefficient (Wildman–Crippen LogP) is -11.8. The molecule has 0 aromatic carbocycles. The van der Waals surface area contributed by atoms with Crippen molar-refractivity contribution in [3.05, 3.63) is 0 Å². The van der Waals surface area contributed by atoms with Crippen LogP contribution in [0.4, 0.5) is 0 Å².